The summed E-state index contributed by atoms with van der Waals surface area (Å²) in [5.41, 5.74) is 1.23. The van der Waals surface area contributed by atoms with Crippen LogP contribution in [0.5, 0.6) is 5.75 Å². The first-order chi connectivity index (χ1) is 13.6. The summed E-state index contributed by atoms with van der Waals surface area (Å²) in [6.45, 7) is 0.199. The van der Waals surface area contributed by atoms with Crippen molar-refractivity contribution in [2.45, 2.75) is 12.6 Å². The number of para-hydroxylation sites is 2. The van der Waals surface area contributed by atoms with Gasteiger partial charge in [-0.2, -0.15) is 0 Å². The standard InChI is InChI=1S/C21H20N2O4S/c1-27-17-10-6-5-9-16(17)23-21(26)20(25)22-13-15-11-12-18(28-15)19(24)14-7-3-2-4-8-14/h2-12,19,24H,13H2,1H3,(H,22,25)(H,23,26)/t19-/m1/s1. The van der Waals surface area contributed by atoms with Gasteiger partial charge in [0.05, 0.1) is 19.3 Å². The van der Waals surface area contributed by atoms with Crippen molar-refractivity contribution < 1.29 is 19.4 Å². The molecule has 28 heavy (non-hydrogen) atoms. The molecule has 0 fully saturated rings. The number of aliphatic hydroxyl groups is 1. The molecule has 3 aromatic rings. The number of ether oxygens (including phenoxy) is 1. The molecule has 0 aliphatic carbocycles. The van der Waals surface area contributed by atoms with Crippen LogP contribution in [0.2, 0.25) is 0 Å². The van der Waals surface area contributed by atoms with Gasteiger partial charge >= 0.3 is 11.8 Å². The molecule has 1 heterocycles. The molecule has 2 amide bonds. The molecule has 3 rings (SSSR count). The average Bonchev–Trinajstić information content (AvgIpc) is 3.21. The van der Waals surface area contributed by atoms with E-state index in [0.29, 0.717) is 11.4 Å². The first-order valence-electron chi connectivity index (χ1n) is 8.62. The zero-order chi connectivity index (χ0) is 19.9. The second kappa shape index (κ2) is 9.16. The quantitative estimate of drug-likeness (QED) is 0.559. The van der Waals surface area contributed by atoms with E-state index < -0.39 is 17.9 Å². The van der Waals surface area contributed by atoms with Crippen LogP contribution in [0.25, 0.3) is 0 Å². The van der Waals surface area contributed by atoms with E-state index in [1.54, 1.807) is 24.3 Å². The fraction of sp³-hybridized carbons (Fsp3) is 0.143. The fourth-order valence-electron chi connectivity index (χ4n) is 2.61. The van der Waals surface area contributed by atoms with Gasteiger partial charge in [0, 0.05) is 9.75 Å². The first kappa shape index (κ1) is 19.6. The lowest BCUT2D eigenvalue weighted by Gasteiger charge is -2.10. The number of rotatable bonds is 6. The number of carbonyl (C=O) groups is 2. The van der Waals surface area contributed by atoms with Gasteiger partial charge in [-0.25, -0.2) is 0 Å². The Morgan fingerprint density at radius 3 is 2.46 bits per heavy atom. The smallest absolute Gasteiger partial charge is 0.313 e. The van der Waals surface area contributed by atoms with Crippen LogP contribution in [0.15, 0.2) is 66.7 Å². The molecule has 0 aliphatic heterocycles. The van der Waals surface area contributed by atoms with Crippen LogP contribution in [-0.2, 0) is 16.1 Å². The van der Waals surface area contributed by atoms with Gasteiger partial charge in [0.1, 0.15) is 11.9 Å². The van der Waals surface area contributed by atoms with Gasteiger partial charge in [-0.1, -0.05) is 42.5 Å². The minimum absolute atomic E-state index is 0.199. The van der Waals surface area contributed by atoms with Crippen molar-refractivity contribution in [3.8, 4) is 5.75 Å². The molecule has 7 heteroatoms. The number of benzene rings is 2. The summed E-state index contributed by atoms with van der Waals surface area (Å²) in [5, 5.41) is 15.5. The normalized spacial score (nSPS) is 11.5. The van der Waals surface area contributed by atoms with Crippen LogP contribution >= 0.6 is 11.3 Å². The van der Waals surface area contributed by atoms with E-state index in [1.165, 1.54) is 18.4 Å². The summed E-state index contributed by atoms with van der Waals surface area (Å²) in [5.74, 6) is -1.04. The van der Waals surface area contributed by atoms with E-state index in [0.717, 1.165) is 15.3 Å². The van der Waals surface area contributed by atoms with Crippen molar-refractivity contribution in [3.63, 3.8) is 0 Å². The van der Waals surface area contributed by atoms with Crippen LogP contribution in [0.1, 0.15) is 21.4 Å². The lowest BCUT2D eigenvalue weighted by Crippen LogP contribution is -2.34. The lowest BCUT2D eigenvalue weighted by molar-refractivity contribution is -0.136. The van der Waals surface area contributed by atoms with Crippen molar-refractivity contribution in [1.82, 2.24) is 5.32 Å². The topological polar surface area (TPSA) is 87.7 Å². The van der Waals surface area contributed by atoms with Crippen molar-refractivity contribution in [1.29, 1.82) is 0 Å². The third-order valence-electron chi connectivity index (χ3n) is 4.05. The number of thiophene rings is 1. The predicted octanol–water partition coefficient (Wildman–Crippen LogP) is 3.09. The summed E-state index contributed by atoms with van der Waals surface area (Å²) in [6, 6.07) is 19.8. The van der Waals surface area contributed by atoms with Crippen molar-refractivity contribution >= 4 is 28.8 Å². The van der Waals surface area contributed by atoms with Gasteiger partial charge < -0.3 is 20.5 Å². The molecule has 0 unspecified atom stereocenters. The maximum Gasteiger partial charge on any atom is 0.313 e. The fourth-order valence-corrected chi connectivity index (χ4v) is 3.58. The highest BCUT2D eigenvalue weighted by molar-refractivity contribution is 7.12. The Kier molecular flexibility index (Phi) is 6.41. The van der Waals surface area contributed by atoms with E-state index in [9.17, 15) is 14.7 Å². The minimum Gasteiger partial charge on any atom is -0.495 e. The molecule has 0 bridgehead atoms. The largest absolute Gasteiger partial charge is 0.495 e. The second-order valence-electron chi connectivity index (χ2n) is 5.95. The van der Waals surface area contributed by atoms with E-state index >= 15 is 0 Å². The molecule has 0 saturated carbocycles. The lowest BCUT2D eigenvalue weighted by atomic mass is 10.1. The molecule has 6 nitrogen and oxygen atoms in total. The third-order valence-corrected chi connectivity index (χ3v) is 5.19. The Morgan fingerprint density at radius 1 is 1.00 bits per heavy atom. The Balaban J connectivity index is 1.56. The summed E-state index contributed by atoms with van der Waals surface area (Å²) >= 11 is 1.38. The molecule has 0 aliphatic rings. The highest BCUT2D eigenvalue weighted by atomic mass is 32.1. The van der Waals surface area contributed by atoms with Crippen LogP contribution < -0.4 is 15.4 Å². The highest BCUT2D eigenvalue weighted by Gasteiger charge is 2.17. The number of anilines is 1. The van der Waals surface area contributed by atoms with E-state index in [4.69, 9.17) is 4.74 Å². The molecule has 0 spiro atoms. The SMILES string of the molecule is COc1ccccc1NC(=O)C(=O)NCc1ccc([C@H](O)c2ccccc2)s1. The molecule has 144 valence electrons. The van der Waals surface area contributed by atoms with Crippen molar-refractivity contribution in [2.24, 2.45) is 0 Å². The zero-order valence-corrected chi connectivity index (χ0v) is 16.0. The molecular formula is C21H20N2O4S. The number of methoxy groups -OCH3 is 1. The van der Waals surface area contributed by atoms with Gasteiger partial charge in [-0.3, -0.25) is 9.59 Å². The summed E-state index contributed by atoms with van der Waals surface area (Å²) in [4.78, 5) is 25.8. The summed E-state index contributed by atoms with van der Waals surface area (Å²) < 4.78 is 5.15. The molecule has 3 N–H and O–H groups in total. The molecule has 1 atom stereocenters. The zero-order valence-electron chi connectivity index (χ0n) is 15.2. The third kappa shape index (κ3) is 4.76. The van der Waals surface area contributed by atoms with E-state index in [2.05, 4.69) is 10.6 Å². The van der Waals surface area contributed by atoms with Gasteiger partial charge in [0.25, 0.3) is 0 Å². The Labute approximate surface area is 166 Å². The van der Waals surface area contributed by atoms with E-state index in [-0.39, 0.29) is 6.54 Å². The summed E-state index contributed by atoms with van der Waals surface area (Å²) in [6.07, 6.45) is -0.718. The van der Waals surface area contributed by atoms with Crippen LogP contribution in [0.3, 0.4) is 0 Å². The Morgan fingerprint density at radius 2 is 1.71 bits per heavy atom. The van der Waals surface area contributed by atoms with Crippen molar-refractivity contribution in [2.75, 3.05) is 12.4 Å². The van der Waals surface area contributed by atoms with Gasteiger partial charge in [-0.05, 0) is 29.8 Å². The van der Waals surface area contributed by atoms with E-state index in [1.807, 2.05) is 42.5 Å². The molecule has 2 aromatic carbocycles. The van der Waals surface area contributed by atoms with Gasteiger partial charge in [-0.15, -0.1) is 11.3 Å². The highest BCUT2D eigenvalue weighted by Crippen LogP contribution is 2.28. The van der Waals surface area contributed by atoms with Gasteiger partial charge in [0.15, 0.2) is 0 Å². The van der Waals surface area contributed by atoms with Gasteiger partial charge in [0.2, 0.25) is 0 Å². The molecule has 0 saturated heterocycles. The Bertz CT molecular complexity index is 956. The average molecular weight is 396 g/mol. The predicted molar refractivity (Wildman–Crippen MR) is 108 cm³/mol. The number of hydrogen-bond donors (Lipinski definition) is 3. The molecular weight excluding hydrogens is 376 g/mol. The molecule has 0 radical (unpaired) electrons. The number of aliphatic hydroxyl groups excluding tert-OH is 1. The summed E-state index contributed by atoms with van der Waals surface area (Å²) in [7, 11) is 1.49. The monoisotopic (exact) mass is 396 g/mol. The maximum atomic E-state index is 12.1. The number of amides is 2. The second-order valence-corrected chi connectivity index (χ2v) is 7.15. The Hall–Kier alpha value is -3.16. The van der Waals surface area contributed by atoms with Crippen LogP contribution in [0.4, 0.5) is 5.69 Å². The van der Waals surface area contributed by atoms with Crippen LogP contribution in [-0.4, -0.2) is 24.0 Å². The number of carbonyl (C=O) groups excluding carboxylic acids is 2. The molecule has 1 aromatic heterocycles. The van der Waals surface area contributed by atoms with Crippen LogP contribution in [0, 0.1) is 0 Å². The van der Waals surface area contributed by atoms with Crippen molar-refractivity contribution in [3.05, 3.63) is 82.0 Å². The maximum absolute atomic E-state index is 12.1. The minimum atomic E-state index is -0.773. The number of hydrogen-bond acceptors (Lipinski definition) is 5. The first-order valence-corrected chi connectivity index (χ1v) is 9.44. The number of nitrogens with one attached hydrogen (secondary N) is 2.